The largest absolute Gasteiger partial charge is 0.391 e. The van der Waals surface area contributed by atoms with Crippen molar-refractivity contribution in [2.24, 2.45) is 0 Å². The molecule has 2 saturated heterocycles. The van der Waals surface area contributed by atoms with Crippen molar-refractivity contribution in [3.63, 3.8) is 0 Å². The van der Waals surface area contributed by atoms with Gasteiger partial charge in [0.1, 0.15) is 0 Å². The maximum Gasteiger partial charge on any atom is 0.236 e. The lowest BCUT2D eigenvalue weighted by Crippen LogP contribution is -2.42. The number of β-amino-alcohol motifs (C(OH)–C–C–N with tert-alkyl or cyclic N) is 1. The molecular formula is C29H38N4O2. The smallest absolute Gasteiger partial charge is 0.236 e. The number of likely N-dealkylation sites (tertiary alicyclic amines) is 2. The van der Waals surface area contributed by atoms with Gasteiger partial charge in [0.15, 0.2) is 0 Å². The number of hydrogen-bond donors (Lipinski definition) is 2. The van der Waals surface area contributed by atoms with Crippen molar-refractivity contribution >= 4 is 16.8 Å². The van der Waals surface area contributed by atoms with Crippen LogP contribution in [-0.4, -0.2) is 69.6 Å². The van der Waals surface area contributed by atoms with E-state index in [-0.39, 0.29) is 12.0 Å². The van der Waals surface area contributed by atoms with Gasteiger partial charge in [-0.1, -0.05) is 19.9 Å². The van der Waals surface area contributed by atoms with E-state index in [1.165, 1.54) is 33.3 Å². The van der Waals surface area contributed by atoms with E-state index in [2.05, 4.69) is 72.9 Å². The van der Waals surface area contributed by atoms with Gasteiger partial charge in [0.2, 0.25) is 5.91 Å². The Bertz CT molecular complexity index is 1200. The second-order valence-corrected chi connectivity index (χ2v) is 10.8. The van der Waals surface area contributed by atoms with Crippen LogP contribution in [0.3, 0.4) is 0 Å². The van der Waals surface area contributed by atoms with Crippen LogP contribution in [-0.2, 0) is 4.79 Å². The minimum absolute atomic E-state index is 0.157. The molecule has 2 aromatic heterocycles. The number of hydrogen-bond acceptors (Lipinski definition) is 4. The van der Waals surface area contributed by atoms with Gasteiger partial charge in [-0.15, -0.1) is 0 Å². The van der Waals surface area contributed by atoms with Crippen molar-refractivity contribution in [1.82, 2.24) is 19.8 Å². The van der Waals surface area contributed by atoms with Crippen molar-refractivity contribution in [2.45, 2.75) is 64.9 Å². The maximum absolute atomic E-state index is 12.6. The van der Waals surface area contributed by atoms with Crippen LogP contribution in [0.4, 0.5) is 0 Å². The zero-order valence-electron chi connectivity index (χ0n) is 21.5. The van der Waals surface area contributed by atoms with Crippen molar-refractivity contribution in [1.29, 1.82) is 0 Å². The third-order valence-electron chi connectivity index (χ3n) is 7.74. The van der Waals surface area contributed by atoms with Crippen LogP contribution in [0.1, 0.15) is 67.5 Å². The molecule has 1 amide bonds. The van der Waals surface area contributed by atoms with Crippen molar-refractivity contribution < 1.29 is 9.90 Å². The molecule has 2 aliphatic heterocycles. The molecule has 0 aliphatic carbocycles. The molecule has 0 bridgehead atoms. The Balaban J connectivity index is 1.33. The van der Waals surface area contributed by atoms with Crippen molar-refractivity contribution in [2.75, 3.05) is 32.7 Å². The molecule has 1 atom stereocenters. The number of benzene rings is 1. The lowest BCUT2D eigenvalue weighted by Gasteiger charge is -2.32. The second-order valence-electron chi connectivity index (χ2n) is 10.8. The third-order valence-corrected chi connectivity index (χ3v) is 7.74. The highest BCUT2D eigenvalue weighted by Crippen LogP contribution is 2.38. The second kappa shape index (κ2) is 9.75. The topological polar surface area (TPSA) is 72.5 Å². The number of aryl methyl sites for hydroxylation is 2. The van der Waals surface area contributed by atoms with Crippen LogP contribution < -0.4 is 0 Å². The first-order chi connectivity index (χ1) is 16.8. The molecule has 2 N–H and O–H groups in total. The number of rotatable bonds is 5. The number of nitrogens with one attached hydrogen (secondary N) is 1. The van der Waals surface area contributed by atoms with Gasteiger partial charge in [0.05, 0.1) is 18.3 Å². The zero-order valence-corrected chi connectivity index (χ0v) is 21.5. The summed E-state index contributed by atoms with van der Waals surface area (Å²) in [6.07, 6.45) is 2.49. The summed E-state index contributed by atoms with van der Waals surface area (Å²) in [5.41, 5.74) is 8.47. The minimum atomic E-state index is -0.351. The van der Waals surface area contributed by atoms with Gasteiger partial charge in [-0.2, -0.15) is 0 Å². The van der Waals surface area contributed by atoms with Crippen LogP contribution in [0.5, 0.6) is 0 Å². The first-order valence-electron chi connectivity index (χ1n) is 13.1. The molecule has 0 unspecified atom stereocenters. The number of nitrogens with zero attached hydrogens (tertiary/aromatic N) is 3. The molecule has 186 valence electrons. The van der Waals surface area contributed by atoms with E-state index >= 15 is 0 Å². The summed E-state index contributed by atoms with van der Waals surface area (Å²) in [5.74, 6) is 1.08. The number of aromatic nitrogens is 2. The molecule has 2 fully saturated rings. The molecule has 0 radical (unpaired) electrons. The Morgan fingerprint density at radius 3 is 2.43 bits per heavy atom. The average Bonchev–Trinajstić information content (AvgIpc) is 3.42. The van der Waals surface area contributed by atoms with Crippen LogP contribution >= 0.6 is 0 Å². The Morgan fingerprint density at radius 2 is 1.80 bits per heavy atom. The van der Waals surface area contributed by atoms with Gasteiger partial charge in [0.25, 0.3) is 0 Å². The number of H-pyrrole nitrogens is 1. The molecule has 2 aliphatic rings. The van der Waals surface area contributed by atoms with E-state index in [0.717, 1.165) is 37.3 Å². The Morgan fingerprint density at radius 1 is 1.09 bits per heavy atom. The van der Waals surface area contributed by atoms with E-state index in [4.69, 9.17) is 0 Å². The quantitative estimate of drug-likeness (QED) is 0.560. The Hall–Kier alpha value is -2.70. The van der Waals surface area contributed by atoms with Crippen molar-refractivity contribution in [3.8, 4) is 11.3 Å². The minimum Gasteiger partial charge on any atom is -0.391 e. The third kappa shape index (κ3) is 5.00. The van der Waals surface area contributed by atoms with Crippen LogP contribution in [0.2, 0.25) is 0 Å². The molecule has 1 aromatic carbocycles. The predicted octanol–water partition coefficient (Wildman–Crippen LogP) is 4.74. The summed E-state index contributed by atoms with van der Waals surface area (Å²) in [6.45, 7) is 12.2. The monoisotopic (exact) mass is 474 g/mol. The summed E-state index contributed by atoms with van der Waals surface area (Å²) >= 11 is 0. The molecular weight excluding hydrogens is 436 g/mol. The van der Waals surface area contributed by atoms with E-state index in [1.54, 1.807) is 0 Å². The number of carbonyl (C=O) groups is 1. The summed E-state index contributed by atoms with van der Waals surface area (Å²) in [4.78, 5) is 24.9. The van der Waals surface area contributed by atoms with Gasteiger partial charge in [-0.05, 0) is 93.4 Å². The van der Waals surface area contributed by atoms with Gasteiger partial charge in [-0.25, -0.2) is 0 Å². The molecule has 0 saturated carbocycles. The Labute approximate surface area is 208 Å². The maximum atomic E-state index is 12.6. The SMILES string of the molecule is Cc1cc(-c2[nH]c3ccc(C4CCN(CC(=O)N5CC[C@H](O)C5)CC4)cc3c2C(C)C)cc(C)n1. The van der Waals surface area contributed by atoms with Gasteiger partial charge < -0.3 is 15.0 Å². The molecule has 4 heterocycles. The fraction of sp³-hybridized carbons (Fsp3) is 0.517. The van der Waals surface area contributed by atoms with Gasteiger partial charge in [0, 0.05) is 40.9 Å². The zero-order chi connectivity index (χ0) is 24.7. The lowest BCUT2D eigenvalue weighted by atomic mass is 9.87. The lowest BCUT2D eigenvalue weighted by molar-refractivity contribution is -0.132. The summed E-state index contributed by atoms with van der Waals surface area (Å²) in [6, 6.07) is 11.3. The normalized spacial score (nSPS) is 19.8. The highest BCUT2D eigenvalue weighted by Gasteiger charge is 2.28. The highest BCUT2D eigenvalue weighted by atomic mass is 16.3. The average molecular weight is 475 g/mol. The van der Waals surface area contributed by atoms with E-state index in [0.29, 0.717) is 37.9 Å². The number of fused-ring (bicyclic) bond motifs is 1. The summed E-state index contributed by atoms with van der Waals surface area (Å²) < 4.78 is 0. The number of aliphatic hydroxyl groups excluding tert-OH is 1. The molecule has 0 spiro atoms. The van der Waals surface area contributed by atoms with Gasteiger partial charge >= 0.3 is 0 Å². The fourth-order valence-corrected chi connectivity index (χ4v) is 5.97. The van der Waals surface area contributed by atoms with Crippen LogP contribution in [0, 0.1) is 13.8 Å². The Kier molecular flexibility index (Phi) is 6.69. The molecule has 6 nitrogen and oxygen atoms in total. The summed E-state index contributed by atoms with van der Waals surface area (Å²) in [5, 5.41) is 11.0. The molecule has 3 aromatic rings. The first-order valence-corrected chi connectivity index (χ1v) is 13.1. The number of aliphatic hydroxyl groups is 1. The number of piperidine rings is 1. The number of carbonyl (C=O) groups excluding carboxylic acids is 1. The van der Waals surface area contributed by atoms with Crippen LogP contribution in [0.15, 0.2) is 30.3 Å². The van der Waals surface area contributed by atoms with E-state index in [9.17, 15) is 9.90 Å². The predicted molar refractivity (Wildman–Crippen MR) is 141 cm³/mol. The molecule has 6 heteroatoms. The van der Waals surface area contributed by atoms with Crippen molar-refractivity contribution in [3.05, 3.63) is 52.8 Å². The van der Waals surface area contributed by atoms with E-state index in [1.807, 2.05) is 4.90 Å². The first kappa shape index (κ1) is 24.0. The van der Waals surface area contributed by atoms with Crippen LogP contribution in [0.25, 0.3) is 22.2 Å². The molecule has 35 heavy (non-hydrogen) atoms. The highest BCUT2D eigenvalue weighted by molar-refractivity contribution is 5.92. The number of aromatic amines is 1. The number of amides is 1. The molecule has 5 rings (SSSR count). The van der Waals surface area contributed by atoms with E-state index < -0.39 is 0 Å². The van der Waals surface area contributed by atoms with Gasteiger partial charge in [-0.3, -0.25) is 14.7 Å². The standard InChI is InChI=1S/C29H38N4O2/c1-18(2)28-25-15-22(5-6-26(25)31-29(28)23-13-19(3)30-20(4)14-23)21-7-10-32(11-8-21)17-27(35)33-12-9-24(34)16-33/h5-6,13-15,18,21,24,31,34H,7-12,16-17H2,1-4H3/t24-/m0/s1. The number of pyridine rings is 1. The summed E-state index contributed by atoms with van der Waals surface area (Å²) in [7, 11) is 0. The fourth-order valence-electron chi connectivity index (χ4n) is 5.97.